The first-order chi connectivity index (χ1) is 10.1. The average Bonchev–Trinajstić information content (AvgIpc) is 3.18. The lowest BCUT2D eigenvalue weighted by atomic mass is 9.81. The molecule has 2 rings (SSSR count). The van der Waals surface area contributed by atoms with Gasteiger partial charge in [0.1, 0.15) is 6.26 Å². The van der Waals surface area contributed by atoms with Crippen LogP contribution < -0.4 is 11.1 Å². The van der Waals surface area contributed by atoms with E-state index in [1.165, 1.54) is 0 Å². The van der Waals surface area contributed by atoms with Crippen molar-refractivity contribution < 1.29 is 9.21 Å². The standard InChI is InChI=1S/C15H21N3O2S/c1-3-15(4-2,10-16)14(19)17-8-11-9-20-13(18-11)12-6-5-7-21-12/h5-7,9H,3-4,8,10,16H2,1-2H3,(H,17,19). The van der Waals surface area contributed by atoms with Crippen LogP contribution in [0.3, 0.4) is 0 Å². The van der Waals surface area contributed by atoms with E-state index in [-0.39, 0.29) is 5.91 Å². The number of carbonyl (C=O) groups excluding carboxylic acids is 1. The molecule has 0 saturated carbocycles. The van der Waals surface area contributed by atoms with Gasteiger partial charge in [-0.25, -0.2) is 4.98 Å². The maximum absolute atomic E-state index is 12.3. The van der Waals surface area contributed by atoms with Crippen molar-refractivity contribution in [1.82, 2.24) is 10.3 Å². The first-order valence-electron chi connectivity index (χ1n) is 7.12. The van der Waals surface area contributed by atoms with Crippen LogP contribution in [0.25, 0.3) is 10.8 Å². The van der Waals surface area contributed by atoms with Crippen LogP contribution in [-0.4, -0.2) is 17.4 Å². The van der Waals surface area contributed by atoms with Gasteiger partial charge in [0.2, 0.25) is 11.8 Å². The maximum Gasteiger partial charge on any atom is 0.236 e. The van der Waals surface area contributed by atoms with Crippen molar-refractivity contribution in [2.45, 2.75) is 33.2 Å². The van der Waals surface area contributed by atoms with Gasteiger partial charge >= 0.3 is 0 Å². The van der Waals surface area contributed by atoms with Crippen LogP contribution in [0.15, 0.2) is 28.2 Å². The Bertz CT molecular complexity index is 565. The van der Waals surface area contributed by atoms with Gasteiger partial charge in [0, 0.05) is 6.54 Å². The predicted molar refractivity (Wildman–Crippen MR) is 83.7 cm³/mol. The number of thiophene rings is 1. The molecule has 2 heterocycles. The van der Waals surface area contributed by atoms with E-state index in [0.717, 1.165) is 17.7 Å². The van der Waals surface area contributed by atoms with Gasteiger partial charge in [-0.3, -0.25) is 4.79 Å². The fourth-order valence-electron chi connectivity index (χ4n) is 2.21. The highest BCUT2D eigenvalue weighted by Crippen LogP contribution is 2.26. The van der Waals surface area contributed by atoms with Crippen molar-refractivity contribution in [1.29, 1.82) is 0 Å². The second-order valence-electron chi connectivity index (χ2n) is 5.00. The molecule has 0 aliphatic carbocycles. The van der Waals surface area contributed by atoms with Crippen LogP contribution in [0.1, 0.15) is 32.4 Å². The summed E-state index contributed by atoms with van der Waals surface area (Å²) in [6.07, 6.45) is 3.04. The van der Waals surface area contributed by atoms with Crippen LogP contribution in [0.5, 0.6) is 0 Å². The van der Waals surface area contributed by atoms with Gasteiger partial charge in [-0.2, -0.15) is 0 Å². The molecule has 2 aromatic rings. The van der Waals surface area contributed by atoms with E-state index in [9.17, 15) is 4.79 Å². The summed E-state index contributed by atoms with van der Waals surface area (Å²) in [5.41, 5.74) is 6.00. The van der Waals surface area contributed by atoms with Crippen molar-refractivity contribution in [2.24, 2.45) is 11.1 Å². The molecule has 0 saturated heterocycles. The summed E-state index contributed by atoms with van der Waals surface area (Å²) in [5.74, 6) is 0.570. The number of oxazole rings is 1. The minimum atomic E-state index is -0.486. The van der Waals surface area contributed by atoms with Crippen molar-refractivity contribution in [2.75, 3.05) is 6.54 Å². The molecule has 1 amide bonds. The third-order valence-electron chi connectivity index (χ3n) is 3.94. The molecule has 0 radical (unpaired) electrons. The van der Waals surface area contributed by atoms with E-state index < -0.39 is 5.41 Å². The molecule has 0 aliphatic heterocycles. The number of aromatic nitrogens is 1. The lowest BCUT2D eigenvalue weighted by Gasteiger charge is -2.28. The molecule has 114 valence electrons. The van der Waals surface area contributed by atoms with E-state index in [1.54, 1.807) is 17.6 Å². The van der Waals surface area contributed by atoms with Gasteiger partial charge in [-0.1, -0.05) is 19.9 Å². The first kappa shape index (κ1) is 15.7. The van der Waals surface area contributed by atoms with Gasteiger partial charge in [-0.15, -0.1) is 11.3 Å². The van der Waals surface area contributed by atoms with Crippen LogP contribution in [0, 0.1) is 5.41 Å². The molecule has 21 heavy (non-hydrogen) atoms. The highest BCUT2D eigenvalue weighted by atomic mass is 32.1. The molecule has 0 bridgehead atoms. The molecule has 0 spiro atoms. The number of nitrogens with zero attached hydrogens (tertiary/aromatic N) is 1. The highest BCUT2D eigenvalue weighted by Gasteiger charge is 2.33. The number of rotatable bonds is 7. The lowest BCUT2D eigenvalue weighted by Crippen LogP contribution is -2.45. The maximum atomic E-state index is 12.3. The number of carbonyl (C=O) groups is 1. The third kappa shape index (κ3) is 3.33. The minimum Gasteiger partial charge on any atom is -0.443 e. The van der Waals surface area contributed by atoms with Crippen molar-refractivity contribution >= 4 is 17.2 Å². The van der Waals surface area contributed by atoms with Crippen LogP contribution in [-0.2, 0) is 11.3 Å². The Morgan fingerprint density at radius 1 is 1.48 bits per heavy atom. The number of hydrogen-bond donors (Lipinski definition) is 2. The van der Waals surface area contributed by atoms with E-state index >= 15 is 0 Å². The van der Waals surface area contributed by atoms with E-state index in [2.05, 4.69) is 10.3 Å². The Balaban J connectivity index is 1.99. The van der Waals surface area contributed by atoms with E-state index in [0.29, 0.717) is 24.7 Å². The van der Waals surface area contributed by atoms with E-state index in [1.807, 2.05) is 31.4 Å². The van der Waals surface area contributed by atoms with Crippen LogP contribution >= 0.6 is 11.3 Å². The average molecular weight is 307 g/mol. The topological polar surface area (TPSA) is 81.2 Å². The van der Waals surface area contributed by atoms with Gasteiger partial charge in [0.15, 0.2) is 0 Å². The molecule has 6 heteroatoms. The van der Waals surface area contributed by atoms with Crippen LogP contribution in [0.2, 0.25) is 0 Å². The zero-order chi connectivity index (χ0) is 15.3. The summed E-state index contributed by atoms with van der Waals surface area (Å²) in [6.45, 7) is 4.68. The summed E-state index contributed by atoms with van der Waals surface area (Å²) in [5, 5.41) is 4.88. The largest absolute Gasteiger partial charge is 0.443 e. The quantitative estimate of drug-likeness (QED) is 0.824. The van der Waals surface area contributed by atoms with Crippen LogP contribution in [0.4, 0.5) is 0 Å². The van der Waals surface area contributed by atoms with Crippen molar-refractivity contribution in [3.05, 3.63) is 29.5 Å². The van der Waals surface area contributed by atoms with Gasteiger partial charge in [-0.05, 0) is 24.3 Å². The number of amides is 1. The first-order valence-corrected chi connectivity index (χ1v) is 7.99. The Morgan fingerprint density at radius 2 is 2.24 bits per heavy atom. The predicted octanol–water partition coefficient (Wildman–Crippen LogP) is 2.78. The monoisotopic (exact) mass is 307 g/mol. The molecule has 0 unspecified atom stereocenters. The molecule has 5 nitrogen and oxygen atoms in total. The van der Waals surface area contributed by atoms with Gasteiger partial charge in [0.05, 0.1) is 22.5 Å². The Kier molecular flexibility index (Phi) is 5.14. The SMILES string of the molecule is CCC(CC)(CN)C(=O)NCc1coc(-c2cccs2)n1. The molecule has 2 aromatic heterocycles. The Hall–Kier alpha value is -1.66. The molecule has 0 aromatic carbocycles. The zero-order valence-corrected chi connectivity index (χ0v) is 13.2. The summed E-state index contributed by atoms with van der Waals surface area (Å²) < 4.78 is 5.43. The minimum absolute atomic E-state index is 0.0179. The van der Waals surface area contributed by atoms with E-state index in [4.69, 9.17) is 10.2 Å². The number of nitrogens with two attached hydrogens (primary N) is 1. The summed E-state index contributed by atoms with van der Waals surface area (Å²) >= 11 is 1.57. The number of hydrogen-bond acceptors (Lipinski definition) is 5. The fraction of sp³-hybridized carbons (Fsp3) is 0.467. The fourth-order valence-corrected chi connectivity index (χ4v) is 2.87. The Morgan fingerprint density at radius 3 is 2.81 bits per heavy atom. The normalized spacial score (nSPS) is 11.6. The summed E-state index contributed by atoms with van der Waals surface area (Å²) in [4.78, 5) is 17.7. The summed E-state index contributed by atoms with van der Waals surface area (Å²) in [7, 11) is 0. The Labute approximate surface area is 128 Å². The molecule has 0 atom stereocenters. The van der Waals surface area contributed by atoms with Gasteiger partial charge in [0.25, 0.3) is 0 Å². The van der Waals surface area contributed by atoms with Crippen molar-refractivity contribution in [3.63, 3.8) is 0 Å². The highest BCUT2D eigenvalue weighted by molar-refractivity contribution is 7.13. The summed E-state index contributed by atoms with van der Waals surface area (Å²) in [6, 6.07) is 3.90. The second-order valence-corrected chi connectivity index (χ2v) is 5.94. The zero-order valence-electron chi connectivity index (χ0n) is 12.4. The molecule has 0 fully saturated rings. The molecule has 3 N–H and O–H groups in total. The lowest BCUT2D eigenvalue weighted by molar-refractivity contribution is -0.131. The smallest absolute Gasteiger partial charge is 0.236 e. The number of nitrogens with one attached hydrogen (secondary N) is 1. The molecular weight excluding hydrogens is 286 g/mol. The van der Waals surface area contributed by atoms with Crippen molar-refractivity contribution in [3.8, 4) is 10.8 Å². The van der Waals surface area contributed by atoms with Gasteiger partial charge < -0.3 is 15.5 Å². The molecule has 0 aliphatic rings. The second kappa shape index (κ2) is 6.87. The third-order valence-corrected chi connectivity index (χ3v) is 4.80. The molecular formula is C15H21N3O2S.